The summed E-state index contributed by atoms with van der Waals surface area (Å²) in [5.74, 6) is -0.381. The molecule has 0 aliphatic rings. The zero-order chi connectivity index (χ0) is 14.3. The molecule has 0 fully saturated rings. The molecule has 6 nitrogen and oxygen atoms in total. The topological polar surface area (TPSA) is 86.2 Å². The molecule has 19 heavy (non-hydrogen) atoms. The number of aromatic amines is 1. The van der Waals surface area contributed by atoms with Crippen molar-refractivity contribution in [2.45, 2.75) is 13.3 Å². The zero-order valence-electron chi connectivity index (χ0n) is 11.1. The molecule has 0 saturated carbocycles. The number of methoxy groups -OCH3 is 1. The summed E-state index contributed by atoms with van der Waals surface area (Å²) in [5, 5.41) is 8.60. The van der Waals surface area contributed by atoms with Crippen LogP contribution in [-0.4, -0.2) is 42.6 Å². The molecule has 1 amide bonds. The third-order valence-corrected chi connectivity index (χ3v) is 2.63. The molecular formula is C13H17N3O3. The number of H-pyrrole nitrogens is 1. The van der Waals surface area contributed by atoms with Gasteiger partial charge in [-0.2, -0.15) is 5.26 Å². The van der Waals surface area contributed by atoms with E-state index < -0.39 is 0 Å². The summed E-state index contributed by atoms with van der Waals surface area (Å²) in [7, 11) is 1.53. The first-order valence-electron chi connectivity index (χ1n) is 5.94. The highest BCUT2D eigenvalue weighted by atomic mass is 16.5. The van der Waals surface area contributed by atoms with Gasteiger partial charge < -0.3 is 14.6 Å². The van der Waals surface area contributed by atoms with Crippen LogP contribution < -0.4 is 5.43 Å². The van der Waals surface area contributed by atoms with Crippen LogP contribution in [-0.2, 0) is 4.74 Å². The van der Waals surface area contributed by atoms with E-state index in [1.165, 1.54) is 24.3 Å². The van der Waals surface area contributed by atoms with Gasteiger partial charge in [-0.3, -0.25) is 9.59 Å². The molecule has 0 aromatic carbocycles. The van der Waals surface area contributed by atoms with Crippen LogP contribution in [0.2, 0.25) is 0 Å². The minimum atomic E-state index is -0.381. The van der Waals surface area contributed by atoms with Gasteiger partial charge in [-0.1, -0.05) is 0 Å². The van der Waals surface area contributed by atoms with Gasteiger partial charge in [0.15, 0.2) is 5.43 Å². The highest BCUT2D eigenvalue weighted by molar-refractivity contribution is 5.93. The Morgan fingerprint density at radius 3 is 2.84 bits per heavy atom. The number of nitrogens with zero attached hydrogens (tertiary/aromatic N) is 2. The first-order chi connectivity index (χ1) is 9.10. The van der Waals surface area contributed by atoms with E-state index in [0.717, 1.165) is 0 Å². The molecule has 1 aromatic heterocycles. The van der Waals surface area contributed by atoms with Gasteiger partial charge in [0.25, 0.3) is 5.91 Å². The molecule has 0 saturated heterocycles. The Morgan fingerprint density at radius 1 is 1.53 bits per heavy atom. The van der Waals surface area contributed by atoms with Crippen LogP contribution in [0.5, 0.6) is 0 Å². The molecule has 1 N–H and O–H groups in total. The molecule has 1 heterocycles. The molecular weight excluding hydrogens is 246 g/mol. The quantitative estimate of drug-likeness (QED) is 0.818. The SMILES string of the molecule is COCCN(CCC#N)C(=O)c1c[nH]c(C)cc1=O. The monoisotopic (exact) mass is 263 g/mol. The smallest absolute Gasteiger partial charge is 0.259 e. The molecule has 0 atom stereocenters. The fourth-order valence-electron chi connectivity index (χ4n) is 1.61. The largest absolute Gasteiger partial charge is 0.383 e. The van der Waals surface area contributed by atoms with E-state index in [4.69, 9.17) is 10.00 Å². The first-order valence-corrected chi connectivity index (χ1v) is 5.94. The summed E-state index contributed by atoms with van der Waals surface area (Å²) in [5.41, 5.74) is 0.460. The molecule has 0 bridgehead atoms. The summed E-state index contributed by atoms with van der Waals surface area (Å²) in [4.78, 5) is 28.3. The van der Waals surface area contributed by atoms with Crippen molar-refractivity contribution in [1.29, 1.82) is 5.26 Å². The zero-order valence-corrected chi connectivity index (χ0v) is 11.1. The standard InChI is InChI=1S/C13H17N3O3/c1-10-8-12(17)11(9-15-10)13(18)16(5-3-4-14)6-7-19-2/h8-9H,3,5-7H2,1-2H3,(H,15,17). The van der Waals surface area contributed by atoms with Crippen molar-refractivity contribution in [2.24, 2.45) is 0 Å². The predicted octanol–water partition coefficient (Wildman–Crippen LogP) is 0.686. The maximum absolute atomic E-state index is 12.2. The number of carbonyl (C=O) groups is 1. The van der Waals surface area contributed by atoms with Gasteiger partial charge in [0.2, 0.25) is 0 Å². The summed E-state index contributed by atoms with van der Waals surface area (Å²) in [6.07, 6.45) is 1.63. The Balaban J connectivity index is 2.91. The van der Waals surface area contributed by atoms with Gasteiger partial charge in [0, 0.05) is 38.2 Å². The number of rotatable bonds is 6. The van der Waals surface area contributed by atoms with Gasteiger partial charge in [-0.25, -0.2) is 0 Å². The summed E-state index contributed by atoms with van der Waals surface area (Å²) < 4.78 is 4.92. The van der Waals surface area contributed by atoms with E-state index in [2.05, 4.69) is 4.98 Å². The molecule has 1 rings (SSSR count). The average molecular weight is 263 g/mol. The molecule has 0 aliphatic carbocycles. The lowest BCUT2D eigenvalue weighted by molar-refractivity contribution is 0.0698. The van der Waals surface area contributed by atoms with Crippen LogP contribution >= 0.6 is 0 Å². The third kappa shape index (κ3) is 4.23. The van der Waals surface area contributed by atoms with Gasteiger partial charge in [-0.05, 0) is 6.92 Å². The Bertz CT molecular complexity index is 531. The van der Waals surface area contributed by atoms with E-state index in [1.807, 2.05) is 6.07 Å². The highest BCUT2D eigenvalue weighted by Crippen LogP contribution is 2.01. The average Bonchev–Trinajstić information content (AvgIpc) is 2.38. The van der Waals surface area contributed by atoms with Gasteiger partial charge in [-0.15, -0.1) is 0 Å². The maximum Gasteiger partial charge on any atom is 0.259 e. The van der Waals surface area contributed by atoms with Crippen molar-refractivity contribution < 1.29 is 9.53 Å². The minimum Gasteiger partial charge on any atom is -0.383 e. The van der Waals surface area contributed by atoms with Crippen LogP contribution in [0.15, 0.2) is 17.1 Å². The number of amides is 1. The van der Waals surface area contributed by atoms with Crippen LogP contribution in [0.1, 0.15) is 22.5 Å². The van der Waals surface area contributed by atoms with E-state index in [0.29, 0.717) is 18.8 Å². The number of carbonyl (C=O) groups excluding carboxylic acids is 1. The number of hydrogen-bond donors (Lipinski definition) is 1. The van der Waals surface area contributed by atoms with E-state index >= 15 is 0 Å². The Labute approximate surface area is 111 Å². The van der Waals surface area contributed by atoms with Gasteiger partial charge >= 0.3 is 0 Å². The third-order valence-electron chi connectivity index (χ3n) is 2.63. The molecule has 0 aliphatic heterocycles. The lowest BCUT2D eigenvalue weighted by Crippen LogP contribution is -2.37. The number of aromatic nitrogens is 1. The molecule has 102 valence electrons. The lowest BCUT2D eigenvalue weighted by atomic mass is 10.2. The molecule has 0 radical (unpaired) electrons. The second-order valence-corrected chi connectivity index (χ2v) is 4.09. The van der Waals surface area contributed by atoms with Crippen molar-refractivity contribution in [3.8, 4) is 6.07 Å². The Hall–Kier alpha value is -2.13. The van der Waals surface area contributed by atoms with Crippen LogP contribution in [0.4, 0.5) is 0 Å². The van der Waals surface area contributed by atoms with Crippen molar-refractivity contribution in [1.82, 2.24) is 9.88 Å². The predicted molar refractivity (Wildman–Crippen MR) is 69.8 cm³/mol. The molecule has 0 unspecified atom stereocenters. The second kappa shape index (κ2) is 7.34. The number of ether oxygens (including phenoxy) is 1. The normalized spacial score (nSPS) is 9.95. The van der Waals surface area contributed by atoms with Crippen LogP contribution in [0.3, 0.4) is 0 Å². The Kier molecular flexibility index (Phi) is 5.76. The lowest BCUT2D eigenvalue weighted by Gasteiger charge is -2.20. The Morgan fingerprint density at radius 2 is 2.26 bits per heavy atom. The molecule has 6 heteroatoms. The number of hydrogen-bond acceptors (Lipinski definition) is 4. The minimum absolute atomic E-state index is 0.0830. The van der Waals surface area contributed by atoms with E-state index in [1.54, 1.807) is 6.92 Å². The van der Waals surface area contributed by atoms with Crippen molar-refractivity contribution in [3.05, 3.63) is 33.7 Å². The number of aryl methyl sites for hydroxylation is 1. The summed E-state index contributed by atoms with van der Waals surface area (Å²) in [6, 6.07) is 3.37. The summed E-state index contributed by atoms with van der Waals surface area (Å²) in [6.45, 7) is 2.74. The van der Waals surface area contributed by atoms with Gasteiger partial charge in [0.1, 0.15) is 5.56 Å². The van der Waals surface area contributed by atoms with E-state index in [9.17, 15) is 9.59 Å². The number of nitriles is 1. The van der Waals surface area contributed by atoms with Crippen molar-refractivity contribution in [3.63, 3.8) is 0 Å². The van der Waals surface area contributed by atoms with Crippen molar-refractivity contribution >= 4 is 5.91 Å². The first kappa shape index (κ1) is 14.9. The van der Waals surface area contributed by atoms with Gasteiger partial charge in [0.05, 0.1) is 19.1 Å². The number of nitrogens with one attached hydrogen (secondary N) is 1. The van der Waals surface area contributed by atoms with Crippen LogP contribution in [0.25, 0.3) is 0 Å². The summed E-state index contributed by atoms with van der Waals surface area (Å²) >= 11 is 0. The second-order valence-electron chi connectivity index (χ2n) is 4.09. The molecule has 1 aromatic rings. The van der Waals surface area contributed by atoms with E-state index in [-0.39, 0.29) is 29.9 Å². The number of pyridine rings is 1. The fourth-order valence-corrected chi connectivity index (χ4v) is 1.61. The fraction of sp³-hybridized carbons (Fsp3) is 0.462. The van der Waals surface area contributed by atoms with Crippen molar-refractivity contribution in [2.75, 3.05) is 26.8 Å². The highest BCUT2D eigenvalue weighted by Gasteiger charge is 2.18. The van der Waals surface area contributed by atoms with Crippen LogP contribution in [0, 0.1) is 18.3 Å². The maximum atomic E-state index is 12.2. The molecule has 0 spiro atoms.